The molecule has 6 heteroatoms. The Kier molecular flexibility index (Phi) is 4.02. The van der Waals surface area contributed by atoms with Crippen LogP contribution in [0.25, 0.3) is 0 Å². The molecule has 0 aromatic carbocycles. The third-order valence-electron chi connectivity index (χ3n) is 2.47. The minimum Gasteiger partial charge on any atom is -0.497 e. The van der Waals surface area contributed by atoms with Crippen LogP contribution >= 0.6 is 0 Å². The number of hydrogen-bond acceptors (Lipinski definition) is 4. The van der Waals surface area contributed by atoms with Crippen molar-refractivity contribution in [2.45, 2.75) is 6.54 Å². The lowest BCUT2D eigenvalue weighted by Crippen LogP contribution is -2.24. The van der Waals surface area contributed by atoms with Crippen LogP contribution in [0.3, 0.4) is 0 Å². The Morgan fingerprint density at radius 2 is 2.26 bits per heavy atom. The highest BCUT2D eigenvalue weighted by atomic mass is 19.1. The number of carbonyl (C=O) groups excluding carboxylic acids is 1. The van der Waals surface area contributed by atoms with Gasteiger partial charge in [0.05, 0.1) is 31.1 Å². The Labute approximate surface area is 109 Å². The van der Waals surface area contributed by atoms with Crippen LogP contribution < -0.4 is 10.1 Å². The van der Waals surface area contributed by atoms with Gasteiger partial charge in [0.15, 0.2) is 5.82 Å². The van der Waals surface area contributed by atoms with Gasteiger partial charge in [-0.3, -0.25) is 14.8 Å². The van der Waals surface area contributed by atoms with Crippen molar-refractivity contribution in [1.29, 1.82) is 0 Å². The smallest absolute Gasteiger partial charge is 0.254 e. The molecule has 0 unspecified atom stereocenters. The Hall–Kier alpha value is -2.50. The Morgan fingerprint density at radius 1 is 1.42 bits per heavy atom. The third kappa shape index (κ3) is 3.25. The van der Waals surface area contributed by atoms with E-state index < -0.39 is 11.7 Å². The van der Waals surface area contributed by atoms with E-state index in [-0.39, 0.29) is 12.1 Å². The van der Waals surface area contributed by atoms with Crippen molar-refractivity contribution in [2.24, 2.45) is 0 Å². The minimum atomic E-state index is -0.654. The summed E-state index contributed by atoms with van der Waals surface area (Å²) in [5, 5.41) is 2.58. The van der Waals surface area contributed by atoms with E-state index in [9.17, 15) is 9.18 Å². The molecule has 1 amide bonds. The van der Waals surface area contributed by atoms with Crippen LogP contribution in [-0.4, -0.2) is 23.0 Å². The normalized spacial score (nSPS) is 10.0. The van der Waals surface area contributed by atoms with Crippen molar-refractivity contribution in [2.75, 3.05) is 7.11 Å². The fraction of sp³-hybridized carbons (Fsp3) is 0.154. The van der Waals surface area contributed by atoms with Gasteiger partial charge < -0.3 is 10.1 Å². The fourth-order valence-electron chi connectivity index (χ4n) is 1.51. The van der Waals surface area contributed by atoms with Crippen molar-refractivity contribution in [3.8, 4) is 5.75 Å². The van der Waals surface area contributed by atoms with Gasteiger partial charge in [0.1, 0.15) is 5.75 Å². The summed E-state index contributed by atoms with van der Waals surface area (Å²) in [7, 11) is 1.55. The second-order valence-electron chi connectivity index (χ2n) is 3.73. The number of amides is 1. The first-order valence-electron chi connectivity index (χ1n) is 5.57. The maximum atomic E-state index is 13.3. The van der Waals surface area contributed by atoms with Gasteiger partial charge >= 0.3 is 0 Å². The molecule has 0 saturated carbocycles. The third-order valence-corrected chi connectivity index (χ3v) is 2.47. The van der Waals surface area contributed by atoms with Gasteiger partial charge in [-0.25, -0.2) is 4.39 Å². The summed E-state index contributed by atoms with van der Waals surface area (Å²) in [6.07, 6.45) is 3.94. The lowest BCUT2D eigenvalue weighted by atomic mass is 10.2. The van der Waals surface area contributed by atoms with E-state index in [1.54, 1.807) is 25.4 Å². The SMILES string of the molecule is COc1ccnc(CNC(=O)c2ccncc2F)c1. The zero-order valence-corrected chi connectivity index (χ0v) is 10.3. The number of methoxy groups -OCH3 is 1. The summed E-state index contributed by atoms with van der Waals surface area (Å²) in [6.45, 7) is 0.192. The zero-order chi connectivity index (χ0) is 13.7. The lowest BCUT2D eigenvalue weighted by molar-refractivity contribution is 0.0946. The molecule has 0 aliphatic carbocycles. The average Bonchev–Trinajstić information content (AvgIpc) is 2.45. The zero-order valence-electron chi connectivity index (χ0n) is 10.3. The van der Waals surface area contributed by atoms with Crippen LogP contribution in [0, 0.1) is 5.82 Å². The van der Waals surface area contributed by atoms with E-state index in [0.29, 0.717) is 11.4 Å². The van der Waals surface area contributed by atoms with E-state index in [1.165, 1.54) is 12.3 Å². The molecule has 0 atom stereocenters. The van der Waals surface area contributed by atoms with Crippen molar-refractivity contribution < 1.29 is 13.9 Å². The van der Waals surface area contributed by atoms with Crippen LogP contribution in [0.1, 0.15) is 16.1 Å². The van der Waals surface area contributed by atoms with E-state index >= 15 is 0 Å². The quantitative estimate of drug-likeness (QED) is 0.907. The second kappa shape index (κ2) is 5.90. The van der Waals surface area contributed by atoms with Crippen LogP contribution in [0.2, 0.25) is 0 Å². The van der Waals surface area contributed by atoms with Crippen LogP contribution in [-0.2, 0) is 6.54 Å². The number of aromatic nitrogens is 2. The molecule has 2 rings (SSSR count). The number of nitrogens with zero attached hydrogens (tertiary/aromatic N) is 2. The molecule has 98 valence electrons. The van der Waals surface area contributed by atoms with Crippen LogP contribution in [0.4, 0.5) is 4.39 Å². The highest BCUT2D eigenvalue weighted by molar-refractivity contribution is 5.94. The predicted molar refractivity (Wildman–Crippen MR) is 66.2 cm³/mol. The number of ether oxygens (including phenoxy) is 1. The van der Waals surface area contributed by atoms with Gasteiger partial charge in [-0.2, -0.15) is 0 Å². The molecular formula is C13H12FN3O2. The standard InChI is InChI=1S/C13H12FN3O2/c1-19-10-2-5-16-9(6-10)7-17-13(18)11-3-4-15-8-12(11)14/h2-6,8H,7H2,1H3,(H,17,18). The molecule has 0 saturated heterocycles. The first kappa shape index (κ1) is 12.9. The second-order valence-corrected chi connectivity index (χ2v) is 3.73. The monoisotopic (exact) mass is 261 g/mol. The molecule has 0 aliphatic rings. The summed E-state index contributed by atoms with van der Waals surface area (Å²) in [4.78, 5) is 19.4. The van der Waals surface area contributed by atoms with E-state index in [4.69, 9.17) is 4.74 Å². The Balaban J connectivity index is 2.02. The molecule has 2 aromatic heterocycles. The lowest BCUT2D eigenvalue weighted by Gasteiger charge is -2.06. The highest BCUT2D eigenvalue weighted by Gasteiger charge is 2.11. The molecule has 2 aromatic rings. The number of rotatable bonds is 4. The molecule has 0 radical (unpaired) electrons. The molecule has 19 heavy (non-hydrogen) atoms. The van der Waals surface area contributed by atoms with E-state index in [1.807, 2.05) is 0 Å². The van der Waals surface area contributed by atoms with Gasteiger partial charge in [-0.15, -0.1) is 0 Å². The largest absolute Gasteiger partial charge is 0.497 e. The molecule has 0 spiro atoms. The Bertz CT molecular complexity index is 590. The fourth-order valence-corrected chi connectivity index (χ4v) is 1.51. The predicted octanol–water partition coefficient (Wildman–Crippen LogP) is 1.55. The Morgan fingerprint density at radius 3 is 3.00 bits per heavy atom. The topological polar surface area (TPSA) is 64.1 Å². The van der Waals surface area contributed by atoms with Crippen molar-refractivity contribution in [1.82, 2.24) is 15.3 Å². The molecule has 0 aliphatic heterocycles. The van der Waals surface area contributed by atoms with Gasteiger partial charge in [-0.1, -0.05) is 0 Å². The van der Waals surface area contributed by atoms with Gasteiger partial charge in [0, 0.05) is 18.5 Å². The summed E-state index contributed by atoms with van der Waals surface area (Å²) in [5.74, 6) is -0.516. The van der Waals surface area contributed by atoms with Gasteiger partial charge in [0.2, 0.25) is 0 Å². The van der Waals surface area contributed by atoms with Crippen molar-refractivity contribution in [3.63, 3.8) is 0 Å². The molecule has 0 fully saturated rings. The van der Waals surface area contributed by atoms with E-state index in [2.05, 4.69) is 15.3 Å². The molecule has 2 heterocycles. The molecule has 1 N–H and O–H groups in total. The maximum Gasteiger partial charge on any atom is 0.254 e. The summed E-state index contributed by atoms with van der Waals surface area (Å²) in [5.41, 5.74) is 0.583. The number of pyridine rings is 2. The number of hydrogen-bond donors (Lipinski definition) is 1. The van der Waals surface area contributed by atoms with Crippen molar-refractivity contribution >= 4 is 5.91 Å². The first-order chi connectivity index (χ1) is 9.20. The highest BCUT2D eigenvalue weighted by Crippen LogP contribution is 2.10. The number of carbonyl (C=O) groups is 1. The van der Waals surface area contributed by atoms with Gasteiger partial charge in [-0.05, 0) is 12.1 Å². The maximum absolute atomic E-state index is 13.3. The first-order valence-corrected chi connectivity index (χ1v) is 5.57. The molecular weight excluding hydrogens is 249 g/mol. The van der Waals surface area contributed by atoms with Gasteiger partial charge in [0.25, 0.3) is 5.91 Å². The number of halogens is 1. The molecule has 0 bridgehead atoms. The minimum absolute atomic E-state index is 0.0436. The van der Waals surface area contributed by atoms with E-state index in [0.717, 1.165) is 6.20 Å². The summed E-state index contributed by atoms with van der Waals surface area (Å²) < 4.78 is 18.4. The number of nitrogens with one attached hydrogen (secondary N) is 1. The summed E-state index contributed by atoms with van der Waals surface area (Å²) >= 11 is 0. The van der Waals surface area contributed by atoms with Crippen LogP contribution in [0.5, 0.6) is 5.75 Å². The average molecular weight is 261 g/mol. The van der Waals surface area contributed by atoms with Crippen molar-refractivity contribution in [3.05, 3.63) is 53.9 Å². The summed E-state index contributed by atoms with van der Waals surface area (Å²) in [6, 6.07) is 4.72. The molecule has 5 nitrogen and oxygen atoms in total. The van der Waals surface area contributed by atoms with Crippen LogP contribution in [0.15, 0.2) is 36.8 Å².